The second-order valence-corrected chi connectivity index (χ2v) is 25.0. The summed E-state index contributed by atoms with van der Waals surface area (Å²) in [5, 5.41) is 67.2. The standard InChI is InChI=1S/C70H79N17O8/c1-3-55(88)78-51-33-53(61(92)59(51)90)86-39-73-57-63(71-35-49(41-17-9-5-10-18-41)42-19-11-6-12-20-42)80-68(82-65(57)86)84-31-29-47(37-84)75-67(94)45-25-27-46(28-26-45)76-70(95)77-48-30-32-85(38-48)69-81-64(72-36-50(43-21-13-7-14-22-43)44-23-15-8-16-24-44)58-66(83-69)87(40-74-58)54-34-52(60(91)62(54)93)79-56(89)4-2/h5-28,39-40,47-54,59-62,90-93H,3-4,29-38H2,1-2H3,(H,75,94)(H,78,88)(H,79,89)(H,71,80,82)(H,72,81,83)(H2,76,77,95)/t47-,48-,51+,52+,53-,54-,59-,60-,61+,62+/m1/s1. The first-order valence-electron chi connectivity index (χ1n) is 32.7. The van der Waals surface area contributed by atoms with E-state index < -0.39 is 54.6 Å². The van der Waals surface area contributed by atoms with Gasteiger partial charge in [-0.1, -0.05) is 135 Å². The fraction of sp³-hybridized carbons (Fsp3) is 0.371. The Morgan fingerprint density at radius 1 is 0.495 bits per heavy atom. The van der Waals surface area contributed by atoms with Gasteiger partial charge in [0.15, 0.2) is 34.0 Å². The van der Waals surface area contributed by atoms with E-state index in [2.05, 4.69) is 85.7 Å². The molecule has 25 heteroatoms. The van der Waals surface area contributed by atoms with E-state index in [1.54, 1.807) is 59.9 Å². The summed E-state index contributed by atoms with van der Waals surface area (Å²) in [6.45, 7) is 6.18. The van der Waals surface area contributed by atoms with Crippen LogP contribution in [0.4, 0.5) is 34.0 Å². The first-order valence-corrected chi connectivity index (χ1v) is 32.7. The van der Waals surface area contributed by atoms with Crippen LogP contribution in [0.15, 0.2) is 158 Å². The number of hydrogen-bond donors (Lipinski definition) is 11. The van der Waals surface area contributed by atoms with Gasteiger partial charge in [-0.2, -0.15) is 19.9 Å². The van der Waals surface area contributed by atoms with Crippen molar-refractivity contribution >= 4 is 75.3 Å². The molecule has 4 aliphatic rings. The second kappa shape index (κ2) is 28.2. The molecule has 492 valence electrons. The van der Waals surface area contributed by atoms with Gasteiger partial charge in [0, 0.05) is 87.3 Å². The van der Waals surface area contributed by atoms with Crippen LogP contribution in [0.5, 0.6) is 0 Å². The Labute approximate surface area is 548 Å². The molecule has 4 fully saturated rings. The van der Waals surface area contributed by atoms with Crippen LogP contribution in [-0.2, 0) is 9.59 Å². The van der Waals surface area contributed by atoms with Crippen molar-refractivity contribution in [2.75, 3.05) is 65.0 Å². The largest absolute Gasteiger partial charge is 0.388 e. The monoisotopic (exact) mass is 1290 g/mol. The van der Waals surface area contributed by atoms with Gasteiger partial charge in [0.1, 0.15) is 24.4 Å². The third-order valence-electron chi connectivity index (χ3n) is 18.9. The molecule has 10 atom stereocenters. The highest BCUT2D eigenvalue weighted by atomic mass is 16.3. The van der Waals surface area contributed by atoms with Crippen molar-refractivity contribution in [3.8, 4) is 0 Å². The number of fused-ring (bicyclic) bond motifs is 2. The lowest BCUT2D eigenvalue weighted by Gasteiger charge is -2.22. The molecule has 95 heavy (non-hydrogen) atoms. The molecule has 4 aromatic heterocycles. The van der Waals surface area contributed by atoms with Crippen molar-refractivity contribution in [3.05, 3.63) is 186 Å². The third kappa shape index (κ3) is 13.8. The highest BCUT2D eigenvalue weighted by molar-refractivity contribution is 5.96. The van der Waals surface area contributed by atoms with Crippen molar-refractivity contribution < 1.29 is 39.6 Å². The molecule has 11 N–H and O–H groups in total. The quantitative estimate of drug-likeness (QED) is 0.0371. The smallest absolute Gasteiger partial charge is 0.319 e. The van der Waals surface area contributed by atoms with Crippen molar-refractivity contribution in [2.45, 2.75) is 125 Å². The van der Waals surface area contributed by atoms with E-state index in [1.165, 1.54) is 0 Å². The zero-order chi connectivity index (χ0) is 65.7. The molecule has 2 saturated carbocycles. The normalized spacial score (nSPS) is 22.6. The topological polar surface area (TPSA) is 327 Å². The lowest BCUT2D eigenvalue weighted by atomic mass is 9.91. The third-order valence-corrected chi connectivity index (χ3v) is 18.9. The predicted octanol–water partition coefficient (Wildman–Crippen LogP) is 5.99. The number of amides is 5. The molecule has 6 heterocycles. The minimum Gasteiger partial charge on any atom is -0.388 e. The summed E-state index contributed by atoms with van der Waals surface area (Å²) in [4.78, 5) is 86.3. The number of urea groups is 1. The first-order chi connectivity index (χ1) is 46.3. The average molecular weight is 1290 g/mol. The van der Waals surface area contributed by atoms with Crippen LogP contribution in [0.2, 0.25) is 0 Å². The van der Waals surface area contributed by atoms with Crippen LogP contribution in [-0.4, -0.2) is 171 Å². The Morgan fingerprint density at radius 2 is 0.895 bits per heavy atom. The van der Waals surface area contributed by atoms with Gasteiger partial charge in [0.05, 0.1) is 36.8 Å². The van der Waals surface area contributed by atoms with E-state index in [-0.39, 0.29) is 67.3 Å². The number of anilines is 5. The summed E-state index contributed by atoms with van der Waals surface area (Å²) < 4.78 is 3.51. The maximum Gasteiger partial charge on any atom is 0.319 e. The molecular formula is C70H79N17O8. The fourth-order valence-electron chi connectivity index (χ4n) is 13.7. The van der Waals surface area contributed by atoms with Gasteiger partial charge in [-0.25, -0.2) is 14.8 Å². The zero-order valence-electron chi connectivity index (χ0n) is 52.8. The van der Waals surface area contributed by atoms with E-state index in [1.807, 2.05) is 82.6 Å². The van der Waals surface area contributed by atoms with Gasteiger partial charge in [-0.3, -0.25) is 14.4 Å². The summed E-state index contributed by atoms with van der Waals surface area (Å²) in [5.41, 5.74) is 7.15. The molecule has 2 aliphatic heterocycles. The Morgan fingerprint density at radius 3 is 1.29 bits per heavy atom. The highest BCUT2D eigenvalue weighted by Crippen LogP contribution is 2.38. The van der Waals surface area contributed by atoms with Crippen LogP contribution < -0.4 is 47.0 Å². The molecular weight excluding hydrogens is 1210 g/mol. The summed E-state index contributed by atoms with van der Waals surface area (Å²) in [6, 6.07) is 43.8. The van der Waals surface area contributed by atoms with E-state index in [4.69, 9.17) is 29.9 Å². The fourth-order valence-corrected chi connectivity index (χ4v) is 13.7. The molecule has 2 saturated heterocycles. The Hall–Kier alpha value is -10.1. The number of carbonyl (C=O) groups is 4. The number of hydrogen-bond acceptors (Lipinski definition) is 18. The SMILES string of the molecule is CCC(=O)N[C@H]1C[C@@H](n2cnc3c(NCC(c4ccccc4)c4ccccc4)nc(N4CC[C@@H](NC(=O)Nc5ccc(C(=O)N[C@@H]6CCN(c7nc(NCC(c8ccccc8)c8ccccc8)c8ncn([C@@H]9C[C@H](NC(=O)CC)[C@@H](O)[C@H]9O)c8n7)C6)cc5)C4)nc32)[C@H](O)[C@@H]1O. The Balaban J connectivity index is 0.669. The lowest BCUT2D eigenvalue weighted by Crippen LogP contribution is -2.42. The van der Waals surface area contributed by atoms with Crippen molar-refractivity contribution in [1.82, 2.24) is 60.3 Å². The highest BCUT2D eigenvalue weighted by Gasteiger charge is 2.46. The lowest BCUT2D eigenvalue weighted by molar-refractivity contribution is -0.123. The van der Waals surface area contributed by atoms with E-state index in [0.717, 1.165) is 22.3 Å². The number of nitrogens with zero attached hydrogens (tertiary/aromatic N) is 10. The van der Waals surface area contributed by atoms with E-state index >= 15 is 0 Å². The number of aromatic nitrogens is 8. The summed E-state index contributed by atoms with van der Waals surface area (Å²) in [7, 11) is 0. The Kier molecular flexibility index (Phi) is 18.9. The number of aliphatic hydroxyl groups is 4. The number of benzene rings is 5. The molecule has 0 unspecified atom stereocenters. The van der Waals surface area contributed by atoms with Gasteiger partial charge in [0.25, 0.3) is 5.91 Å². The number of imidazole rings is 2. The predicted molar refractivity (Wildman–Crippen MR) is 360 cm³/mol. The summed E-state index contributed by atoms with van der Waals surface area (Å²) in [6.07, 6.45) is 0.478. The van der Waals surface area contributed by atoms with E-state index in [0.29, 0.717) is 109 Å². The molecule has 5 aromatic carbocycles. The number of rotatable bonds is 22. The van der Waals surface area contributed by atoms with Crippen LogP contribution >= 0.6 is 0 Å². The summed E-state index contributed by atoms with van der Waals surface area (Å²) >= 11 is 0. The molecule has 5 amide bonds. The van der Waals surface area contributed by atoms with Crippen LogP contribution in [0.25, 0.3) is 22.3 Å². The minimum atomic E-state index is -1.22. The minimum absolute atomic E-state index is 0.0515. The average Bonchev–Trinajstić information content (AvgIpc) is 1.63. The van der Waals surface area contributed by atoms with Crippen LogP contribution in [0, 0.1) is 0 Å². The number of aliphatic hydroxyl groups excluding tert-OH is 4. The molecule has 2 aliphatic carbocycles. The van der Waals surface area contributed by atoms with Gasteiger partial charge < -0.3 is 76.6 Å². The van der Waals surface area contributed by atoms with Crippen LogP contribution in [0.1, 0.15) is 109 Å². The maximum absolute atomic E-state index is 13.9. The second-order valence-electron chi connectivity index (χ2n) is 25.0. The molecule has 0 spiro atoms. The maximum atomic E-state index is 13.9. The molecule has 0 bridgehead atoms. The Bertz CT molecular complexity index is 4070. The molecule has 13 rings (SSSR count). The van der Waals surface area contributed by atoms with Crippen LogP contribution in [0.3, 0.4) is 0 Å². The van der Waals surface area contributed by atoms with Gasteiger partial charge >= 0.3 is 6.03 Å². The van der Waals surface area contributed by atoms with E-state index in [9.17, 15) is 39.6 Å². The van der Waals surface area contributed by atoms with Gasteiger partial charge in [-0.15, -0.1) is 0 Å². The first kappa shape index (κ1) is 63.7. The van der Waals surface area contributed by atoms with Gasteiger partial charge in [0.2, 0.25) is 23.7 Å². The molecule has 0 radical (unpaired) electrons. The van der Waals surface area contributed by atoms with Crippen molar-refractivity contribution in [1.29, 1.82) is 0 Å². The summed E-state index contributed by atoms with van der Waals surface area (Å²) in [5.74, 6) is 0.877. The van der Waals surface area contributed by atoms with Crippen molar-refractivity contribution in [2.24, 2.45) is 0 Å². The van der Waals surface area contributed by atoms with Crippen molar-refractivity contribution in [3.63, 3.8) is 0 Å². The van der Waals surface area contributed by atoms with Gasteiger partial charge in [-0.05, 0) is 72.2 Å². The number of carbonyl (C=O) groups excluding carboxylic acids is 4. The molecule has 25 nitrogen and oxygen atoms in total. The molecule has 9 aromatic rings. The zero-order valence-corrected chi connectivity index (χ0v) is 52.8. The number of nitrogens with one attached hydrogen (secondary N) is 7.